The van der Waals surface area contributed by atoms with E-state index < -0.39 is 34.1 Å². The van der Waals surface area contributed by atoms with Crippen molar-refractivity contribution in [2.75, 3.05) is 0 Å². The number of rotatable bonds is 4. The van der Waals surface area contributed by atoms with Gasteiger partial charge in [0.15, 0.2) is 5.60 Å². The number of hydrogen-bond donors (Lipinski definition) is 0. The van der Waals surface area contributed by atoms with Crippen molar-refractivity contribution < 1.29 is 19.2 Å². The second kappa shape index (κ2) is 5.77. The summed E-state index contributed by atoms with van der Waals surface area (Å²) < 4.78 is 11.2. The first kappa shape index (κ1) is 17.1. The van der Waals surface area contributed by atoms with Crippen LogP contribution in [0.1, 0.15) is 39.2 Å². The van der Waals surface area contributed by atoms with Gasteiger partial charge in [-0.2, -0.15) is 0 Å². The smallest absolute Gasteiger partial charge is 0.341 e. The molecule has 0 aromatic heterocycles. The molecule has 0 radical (unpaired) electrons. The molecule has 1 fully saturated rings. The monoisotopic (exact) mass is 319 g/mol. The zero-order valence-corrected chi connectivity index (χ0v) is 13.7. The number of carbonyl (C=O) groups excluding carboxylic acids is 1. The molecular weight excluding hydrogens is 298 g/mol. The van der Waals surface area contributed by atoms with Gasteiger partial charge in [-0.1, -0.05) is 51.1 Å². The Morgan fingerprint density at radius 3 is 2.35 bits per heavy atom. The summed E-state index contributed by atoms with van der Waals surface area (Å²) in [7, 11) is 0. The lowest BCUT2D eigenvalue weighted by Crippen LogP contribution is -2.42. The fourth-order valence-corrected chi connectivity index (χ4v) is 2.63. The lowest BCUT2D eigenvalue weighted by molar-refractivity contribution is -0.432. The Kier molecular flexibility index (Phi) is 4.30. The summed E-state index contributed by atoms with van der Waals surface area (Å²) in [5.74, 6) is -1.55. The minimum Gasteiger partial charge on any atom is -0.433 e. The highest BCUT2D eigenvalue weighted by Crippen LogP contribution is 2.45. The van der Waals surface area contributed by atoms with E-state index in [1.165, 1.54) is 6.92 Å². The molecule has 1 aromatic carbocycles. The molecule has 6 heteroatoms. The molecule has 1 heterocycles. The predicted octanol–water partition coefficient (Wildman–Crippen LogP) is 3.26. The standard InChI is InChI=1S/C17H21NO5/c1-11(18(20)21)13(12-9-7-6-8-10-12)17(5)14(19)22-15(23-17)16(2,3)4/h6-10,13,15H,1H2,2-5H3. The average Bonchev–Trinajstić information content (AvgIpc) is 2.76. The molecule has 0 N–H and O–H groups in total. The van der Waals surface area contributed by atoms with Gasteiger partial charge in [0.05, 0.1) is 4.92 Å². The van der Waals surface area contributed by atoms with Crippen molar-refractivity contribution in [3.8, 4) is 0 Å². The third kappa shape index (κ3) is 3.12. The molecule has 0 aliphatic carbocycles. The van der Waals surface area contributed by atoms with Crippen molar-refractivity contribution in [1.29, 1.82) is 0 Å². The Bertz CT molecular complexity index is 634. The number of nitrogens with zero attached hydrogens (tertiary/aromatic N) is 1. The summed E-state index contributed by atoms with van der Waals surface area (Å²) in [5.41, 5.74) is -1.65. The fraction of sp³-hybridized carbons (Fsp3) is 0.471. The van der Waals surface area contributed by atoms with Crippen LogP contribution in [0.3, 0.4) is 0 Å². The van der Waals surface area contributed by atoms with Gasteiger partial charge in [-0.3, -0.25) is 10.1 Å². The summed E-state index contributed by atoms with van der Waals surface area (Å²) in [6.45, 7) is 10.7. The molecule has 0 bridgehead atoms. The third-order valence-corrected chi connectivity index (χ3v) is 3.93. The predicted molar refractivity (Wildman–Crippen MR) is 84.1 cm³/mol. The Hall–Kier alpha value is -2.21. The Balaban J connectivity index is 2.49. The van der Waals surface area contributed by atoms with Gasteiger partial charge >= 0.3 is 5.97 Å². The van der Waals surface area contributed by atoms with E-state index in [2.05, 4.69) is 6.58 Å². The van der Waals surface area contributed by atoms with E-state index in [9.17, 15) is 14.9 Å². The minimum absolute atomic E-state index is 0.301. The molecule has 6 nitrogen and oxygen atoms in total. The number of ether oxygens (including phenoxy) is 2. The molecule has 1 aliphatic rings. The van der Waals surface area contributed by atoms with Crippen LogP contribution in [0.25, 0.3) is 0 Å². The molecule has 0 amide bonds. The Morgan fingerprint density at radius 2 is 1.91 bits per heavy atom. The molecule has 0 spiro atoms. The molecule has 3 unspecified atom stereocenters. The third-order valence-electron chi connectivity index (χ3n) is 3.93. The van der Waals surface area contributed by atoms with Crippen LogP contribution in [0, 0.1) is 15.5 Å². The summed E-state index contributed by atoms with van der Waals surface area (Å²) in [6.07, 6.45) is -0.772. The second-order valence-corrected chi connectivity index (χ2v) is 6.92. The number of esters is 1. The van der Waals surface area contributed by atoms with Gasteiger partial charge in [-0.25, -0.2) is 4.79 Å². The highest BCUT2D eigenvalue weighted by atomic mass is 16.8. The Morgan fingerprint density at radius 1 is 1.35 bits per heavy atom. The molecular formula is C17H21NO5. The van der Waals surface area contributed by atoms with Crippen LogP contribution in [0.2, 0.25) is 0 Å². The largest absolute Gasteiger partial charge is 0.433 e. The van der Waals surface area contributed by atoms with Crippen molar-refractivity contribution >= 4 is 5.97 Å². The minimum atomic E-state index is -1.50. The van der Waals surface area contributed by atoms with E-state index in [4.69, 9.17) is 9.47 Å². The summed E-state index contributed by atoms with van der Waals surface area (Å²) in [5, 5.41) is 11.3. The van der Waals surface area contributed by atoms with Gasteiger partial charge in [0.25, 0.3) is 0 Å². The van der Waals surface area contributed by atoms with E-state index in [0.29, 0.717) is 5.56 Å². The van der Waals surface area contributed by atoms with Crippen LogP contribution in [-0.2, 0) is 14.3 Å². The number of nitro groups is 1. The molecule has 1 saturated heterocycles. The van der Waals surface area contributed by atoms with Gasteiger partial charge in [0.1, 0.15) is 5.92 Å². The first-order chi connectivity index (χ1) is 10.6. The highest BCUT2D eigenvalue weighted by Gasteiger charge is 2.58. The maximum atomic E-state index is 12.5. The lowest BCUT2D eigenvalue weighted by Gasteiger charge is -2.30. The van der Waals surface area contributed by atoms with Crippen LogP contribution < -0.4 is 0 Å². The summed E-state index contributed by atoms with van der Waals surface area (Å²) in [6, 6.07) is 8.72. The number of cyclic esters (lactones) is 1. The van der Waals surface area contributed by atoms with E-state index in [0.717, 1.165) is 0 Å². The Labute approximate surface area is 135 Å². The number of hydrogen-bond acceptors (Lipinski definition) is 5. The molecule has 3 atom stereocenters. The van der Waals surface area contributed by atoms with Crippen molar-refractivity contribution in [1.82, 2.24) is 0 Å². The first-order valence-electron chi connectivity index (χ1n) is 7.34. The molecule has 23 heavy (non-hydrogen) atoms. The highest BCUT2D eigenvalue weighted by molar-refractivity contribution is 5.83. The maximum Gasteiger partial charge on any atom is 0.341 e. The van der Waals surface area contributed by atoms with E-state index in [1.54, 1.807) is 30.3 Å². The van der Waals surface area contributed by atoms with Crippen molar-refractivity contribution in [3.05, 3.63) is 58.3 Å². The van der Waals surface area contributed by atoms with E-state index in [1.807, 2.05) is 20.8 Å². The van der Waals surface area contributed by atoms with Crippen LogP contribution in [0.4, 0.5) is 0 Å². The van der Waals surface area contributed by atoms with Crippen molar-refractivity contribution in [3.63, 3.8) is 0 Å². The second-order valence-electron chi connectivity index (χ2n) is 6.92. The zero-order valence-electron chi connectivity index (χ0n) is 13.7. The van der Waals surface area contributed by atoms with Gasteiger partial charge in [0, 0.05) is 5.41 Å². The molecule has 124 valence electrons. The van der Waals surface area contributed by atoms with Crippen LogP contribution in [0.15, 0.2) is 42.6 Å². The zero-order chi connectivity index (χ0) is 17.4. The van der Waals surface area contributed by atoms with Gasteiger partial charge in [-0.15, -0.1) is 0 Å². The molecule has 1 aliphatic heterocycles. The summed E-state index contributed by atoms with van der Waals surface area (Å²) >= 11 is 0. The van der Waals surface area contributed by atoms with Gasteiger partial charge in [0.2, 0.25) is 12.0 Å². The molecule has 2 rings (SSSR count). The SMILES string of the molecule is C=C(C(c1ccccc1)C1(C)OC(C(C)(C)C)OC1=O)[N+](=O)[O-]. The molecule has 0 saturated carbocycles. The fourth-order valence-electron chi connectivity index (χ4n) is 2.63. The van der Waals surface area contributed by atoms with E-state index in [-0.39, 0.29) is 5.70 Å². The maximum absolute atomic E-state index is 12.5. The average molecular weight is 319 g/mol. The number of benzene rings is 1. The van der Waals surface area contributed by atoms with Crippen molar-refractivity contribution in [2.24, 2.45) is 5.41 Å². The molecule has 1 aromatic rings. The van der Waals surface area contributed by atoms with Crippen LogP contribution in [-0.4, -0.2) is 22.8 Å². The van der Waals surface area contributed by atoms with Crippen LogP contribution in [0.5, 0.6) is 0 Å². The van der Waals surface area contributed by atoms with Gasteiger partial charge < -0.3 is 9.47 Å². The normalized spacial score (nSPS) is 25.7. The van der Waals surface area contributed by atoms with Crippen molar-refractivity contribution in [2.45, 2.75) is 45.5 Å². The van der Waals surface area contributed by atoms with Crippen LogP contribution >= 0.6 is 0 Å². The lowest BCUT2D eigenvalue weighted by atomic mass is 9.81. The van der Waals surface area contributed by atoms with E-state index >= 15 is 0 Å². The topological polar surface area (TPSA) is 78.7 Å². The summed E-state index contributed by atoms with van der Waals surface area (Å²) in [4.78, 5) is 23.2. The number of carbonyl (C=O) groups is 1. The van der Waals surface area contributed by atoms with Gasteiger partial charge in [-0.05, 0) is 19.1 Å². The first-order valence-corrected chi connectivity index (χ1v) is 7.34. The quantitative estimate of drug-likeness (QED) is 0.483.